The number of likely N-dealkylation sites (N-methyl/N-ethyl adjacent to an activating group) is 1. The van der Waals surface area contributed by atoms with Gasteiger partial charge in [0, 0.05) is 31.8 Å². The lowest BCUT2D eigenvalue weighted by molar-refractivity contribution is -0.897. The van der Waals surface area contributed by atoms with Crippen LogP contribution in [-0.2, 0) is 4.79 Å². The fourth-order valence-electron chi connectivity index (χ4n) is 3.14. The van der Waals surface area contributed by atoms with Gasteiger partial charge in [0.25, 0.3) is 5.91 Å². The predicted molar refractivity (Wildman–Crippen MR) is 95.1 cm³/mol. The molecule has 0 radical (unpaired) electrons. The fourth-order valence-corrected chi connectivity index (χ4v) is 4.28. The highest BCUT2D eigenvalue weighted by atomic mass is 32.1. The average Bonchev–Trinajstić information content (AvgIpc) is 2.98. The van der Waals surface area contributed by atoms with E-state index in [4.69, 9.17) is 4.98 Å². The van der Waals surface area contributed by atoms with E-state index in [-0.39, 0.29) is 11.9 Å². The highest BCUT2D eigenvalue weighted by Gasteiger charge is 2.28. The zero-order chi connectivity index (χ0) is 16.4. The average molecular weight is 332 g/mol. The molecule has 0 saturated carbocycles. The molecule has 1 aliphatic rings. The van der Waals surface area contributed by atoms with E-state index in [1.54, 1.807) is 0 Å². The molecule has 0 aliphatic carbocycles. The Bertz CT molecular complexity index is 641. The smallest absolute Gasteiger partial charge is 0.277 e. The van der Waals surface area contributed by atoms with Crippen molar-refractivity contribution in [1.82, 2.24) is 9.88 Å². The number of nitrogens with one attached hydrogen (secondary N) is 1. The van der Waals surface area contributed by atoms with Crippen LogP contribution in [0.2, 0.25) is 0 Å². The second-order valence-electron chi connectivity index (χ2n) is 6.82. The monoisotopic (exact) mass is 332 g/mol. The van der Waals surface area contributed by atoms with Gasteiger partial charge in [0.05, 0.1) is 28.3 Å². The Morgan fingerprint density at radius 3 is 2.70 bits per heavy atom. The second kappa shape index (κ2) is 6.97. The summed E-state index contributed by atoms with van der Waals surface area (Å²) in [6.45, 7) is 6.89. The van der Waals surface area contributed by atoms with Gasteiger partial charge in [-0.1, -0.05) is 12.1 Å². The van der Waals surface area contributed by atoms with Crippen LogP contribution in [0.15, 0.2) is 24.3 Å². The Kier molecular flexibility index (Phi) is 4.97. The van der Waals surface area contributed by atoms with E-state index in [0.29, 0.717) is 12.5 Å². The van der Waals surface area contributed by atoms with Gasteiger partial charge in [0.15, 0.2) is 6.54 Å². The molecule has 1 aliphatic heterocycles. The molecule has 1 saturated heterocycles. The van der Waals surface area contributed by atoms with E-state index in [1.807, 2.05) is 23.3 Å². The predicted octanol–water partition coefficient (Wildman–Crippen LogP) is 1.93. The quantitative estimate of drug-likeness (QED) is 0.929. The molecule has 5 heteroatoms. The van der Waals surface area contributed by atoms with E-state index in [2.05, 4.69) is 38.1 Å². The molecule has 0 atom stereocenters. The van der Waals surface area contributed by atoms with Crippen molar-refractivity contribution in [3.63, 3.8) is 0 Å². The van der Waals surface area contributed by atoms with Crippen LogP contribution in [0.25, 0.3) is 10.2 Å². The van der Waals surface area contributed by atoms with Gasteiger partial charge in [-0.15, -0.1) is 11.3 Å². The number of benzene rings is 1. The zero-order valence-corrected chi connectivity index (χ0v) is 15.0. The minimum atomic E-state index is 0.258. The summed E-state index contributed by atoms with van der Waals surface area (Å²) in [7, 11) is 1.90. The van der Waals surface area contributed by atoms with Crippen LogP contribution in [0, 0.1) is 0 Å². The number of thiazole rings is 1. The van der Waals surface area contributed by atoms with Crippen molar-refractivity contribution < 1.29 is 9.69 Å². The third-order valence-electron chi connectivity index (χ3n) is 4.92. The van der Waals surface area contributed by atoms with Crippen molar-refractivity contribution in [3.05, 3.63) is 29.3 Å². The Labute approximate surface area is 142 Å². The van der Waals surface area contributed by atoms with Gasteiger partial charge >= 0.3 is 0 Å². The summed E-state index contributed by atoms with van der Waals surface area (Å²) < 4.78 is 1.28. The highest BCUT2D eigenvalue weighted by molar-refractivity contribution is 7.18. The molecule has 1 amide bonds. The number of hydrogen-bond acceptors (Lipinski definition) is 3. The summed E-state index contributed by atoms with van der Waals surface area (Å²) >= 11 is 1.83. The van der Waals surface area contributed by atoms with E-state index in [0.717, 1.165) is 31.4 Å². The molecule has 1 fully saturated rings. The molecule has 4 nitrogen and oxygen atoms in total. The van der Waals surface area contributed by atoms with Gasteiger partial charge in [-0.2, -0.15) is 0 Å². The minimum absolute atomic E-state index is 0.258. The Morgan fingerprint density at radius 1 is 1.35 bits per heavy atom. The lowest BCUT2D eigenvalue weighted by Crippen LogP contribution is -3.14. The van der Waals surface area contributed by atoms with Crippen LogP contribution in [0.1, 0.15) is 37.6 Å². The highest BCUT2D eigenvalue weighted by Crippen LogP contribution is 2.31. The first-order valence-electron chi connectivity index (χ1n) is 8.49. The number of aromatic nitrogens is 1. The Morgan fingerprint density at radius 2 is 2.04 bits per heavy atom. The van der Waals surface area contributed by atoms with E-state index < -0.39 is 0 Å². The van der Waals surface area contributed by atoms with Gasteiger partial charge in [-0.25, -0.2) is 4.98 Å². The maximum absolute atomic E-state index is 12.2. The van der Waals surface area contributed by atoms with Crippen molar-refractivity contribution in [2.45, 2.75) is 38.6 Å². The third-order valence-corrected chi connectivity index (χ3v) is 6.12. The summed E-state index contributed by atoms with van der Waals surface area (Å²) in [4.78, 5) is 20.3. The molecule has 23 heavy (non-hydrogen) atoms. The molecular formula is C18H26N3OS+. The van der Waals surface area contributed by atoms with Crippen LogP contribution >= 0.6 is 11.3 Å². The molecular weight excluding hydrogens is 306 g/mol. The first kappa shape index (κ1) is 16.4. The van der Waals surface area contributed by atoms with Crippen molar-refractivity contribution in [2.75, 3.05) is 26.7 Å². The topological polar surface area (TPSA) is 37.6 Å². The number of hydrogen-bond donors (Lipinski definition) is 1. The van der Waals surface area contributed by atoms with Gasteiger partial charge in [-0.05, 0) is 26.0 Å². The van der Waals surface area contributed by atoms with E-state index >= 15 is 0 Å². The molecule has 1 N–H and O–H groups in total. The molecule has 2 heterocycles. The van der Waals surface area contributed by atoms with Crippen molar-refractivity contribution in [3.8, 4) is 0 Å². The molecule has 3 rings (SSSR count). The standard InChI is InChI=1S/C18H25N3OS/c1-13(2)20(3)17(22)12-21-10-8-14(9-11-21)18-19-15-6-4-5-7-16(15)23-18/h4-7,13-14H,8-12H2,1-3H3/p+1. The van der Waals surface area contributed by atoms with E-state index in [1.165, 1.54) is 14.6 Å². The number of quaternary nitrogens is 1. The SMILES string of the molecule is CC(C)N(C)C(=O)C[NH+]1CCC(c2nc3ccccc3s2)CC1. The van der Waals surface area contributed by atoms with Crippen LogP contribution in [0.5, 0.6) is 0 Å². The largest absolute Gasteiger partial charge is 0.338 e. The number of nitrogens with zero attached hydrogens (tertiary/aromatic N) is 2. The summed E-state index contributed by atoms with van der Waals surface area (Å²) in [5.74, 6) is 0.822. The molecule has 0 unspecified atom stereocenters. The van der Waals surface area contributed by atoms with Gasteiger partial charge in [-0.3, -0.25) is 4.79 Å². The van der Waals surface area contributed by atoms with Gasteiger partial charge < -0.3 is 9.80 Å². The maximum atomic E-state index is 12.2. The first-order chi connectivity index (χ1) is 11.0. The fraction of sp³-hybridized carbons (Fsp3) is 0.556. The molecule has 2 aromatic rings. The number of rotatable bonds is 4. The normalized spacial score (nSPS) is 21.7. The minimum Gasteiger partial charge on any atom is -0.338 e. The first-order valence-corrected chi connectivity index (χ1v) is 9.31. The Hall–Kier alpha value is -1.46. The van der Waals surface area contributed by atoms with Crippen molar-refractivity contribution >= 4 is 27.5 Å². The molecule has 1 aromatic heterocycles. The van der Waals surface area contributed by atoms with Crippen LogP contribution in [-0.4, -0.2) is 48.5 Å². The zero-order valence-electron chi connectivity index (χ0n) is 14.2. The lowest BCUT2D eigenvalue weighted by atomic mass is 9.97. The number of carbonyl (C=O) groups is 1. The van der Waals surface area contributed by atoms with Gasteiger partial charge in [0.2, 0.25) is 0 Å². The van der Waals surface area contributed by atoms with Crippen LogP contribution in [0.3, 0.4) is 0 Å². The lowest BCUT2D eigenvalue weighted by Gasteiger charge is -2.30. The number of fused-ring (bicyclic) bond motifs is 1. The number of likely N-dealkylation sites (tertiary alicyclic amines) is 1. The molecule has 0 spiro atoms. The maximum Gasteiger partial charge on any atom is 0.277 e. The number of para-hydroxylation sites is 1. The number of piperidine rings is 1. The number of carbonyl (C=O) groups excluding carboxylic acids is 1. The molecule has 1 aromatic carbocycles. The third kappa shape index (κ3) is 3.72. The van der Waals surface area contributed by atoms with Crippen LogP contribution in [0.4, 0.5) is 0 Å². The number of amides is 1. The van der Waals surface area contributed by atoms with E-state index in [9.17, 15) is 4.79 Å². The molecule has 0 bridgehead atoms. The van der Waals surface area contributed by atoms with Crippen molar-refractivity contribution in [2.24, 2.45) is 0 Å². The van der Waals surface area contributed by atoms with Gasteiger partial charge in [0.1, 0.15) is 0 Å². The summed E-state index contributed by atoms with van der Waals surface area (Å²) in [6, 6.07) is 8.65. The summed E-state index contributed by atoms with van der Waals surface area (Å²) in [5.41, 5.74) is 1.12. The Balaban J connectivity index is 1.57. The summed E-state index contributed by atoms with van der Waals surface area (Å²) in [6.07, 6.45) is 2.27. The van der Waals surface area contributed by atoms with Crippen molar-refractivity contribution in [1.29, 1.82) is 0 Å². The van der Waals surface area contributed by atoms with Crippen LogP contribution < -0.4 is 4.90 Å². The molecule has 124 valence electrons. The summed E-state index contributed by atoms with van der Waals surface area (Å²) in [5, 5.41) is 1.27. The second-order valence-corrected chi connectivity index (χ2v) is 7.88.